The van der Waals surface area contributed by atoms with E-state index in [4.69, 9.17) is 4.43 Å². The molecule has 0 aliphatic heterocycles. The molecule has 2 nitrogen and oxygen atoms in total. The minimum absolute atomic E-state index is 0.408. The molecule has 172 valence electrons. The maximum absolute atomic E-state index is 10.1. The van der Waals surface area contributed by atoms with Gasteiger partial charge in [0, 0.05) is 6.42 Å². The van der Waals surface area contributed by atoms with Crippen molar-refractivity contribution in [2.24, 2.45) is 0 Å². The van der Waals surface area contributed by atoms with Gasteiger partial charge >= 0.3 is 0 Å². The zero-order chi connectivity index (χ0) is 22.0. The normalized spacial score (nSPS) is 15.1. The summed E-state index contributed by atoms with van der Waals surface area (Å²) in [6, 6.07) is 0. The summed E-state index contributed by atoms with van der Waals surface area (Å²) < 4.78 is 6.47. The first-order valence-electron chi connectivity index (χ1n) is 12.4. The van der Waals surface area contributed by atoms with Crippen LogP contribution in [0, 0.1) is 0 Å². The fourth-order valence-electron chi connectivity index (χ4n) is 4.09. The van der Waals surface area contributed by atoms with Crippen LogP contribution in [-0.4, -0.2) is 25.1 Å². The summed E-state index contributed by atoms with van der Waals surface area (Å²) in [6.45, 7) is 16.7. The minimum Gasteiger partial charge on any atom is -0.409 e. The molecule has 0 aromatic rings. The highest BCUT2D eigenvalue weighted by Crippen LogP contribution is 2.31. The van der Waals surface area contributed by atoms with E-state index in [0.717, 1.165) is 12.8 Å². The summed E-state index contributed by atoms with van der Waals surface area (Å²) in [6.07, 6.45) is 23.7. The molecule has 0 fully saturated rings. The van der Waals surface area contributed by atoms with Crippen LogP contribution in [-0.2, 0) is 4.43 Å². The lowest BCUT2D eigenvalue weighted by Crippen LogP contribution is -2.43. The second kappa shape index (κ2) is 17.3. The molecule has 29 heavy (non-hydrogen) atoms. The topological polar surface area (TPSA) is 29.5 Å². The van der Waals surface area contributed by atoms with Gasteiger partial charge in [0.1, 0.15) is 0 Å². The van der Waals surface area contributed by atoms with Gasteiger partial charge in [-0.05, 0) is 26.1 Å². The van der Waals surface area contributed by atoms with Gasteiger partial charge in [0.25, 0.3) is 0 Å². The molecule has 0 heterocycles. The van der Waals surface area contributed by atoms with Crippen LogP contribution in [0.15, 0.2) is 25.3 Å². The van der Waals surface area contributed by atoms with Crippen molar-refractivity contribution in [1.29, 1.82) is 0 Å². The molecular weight excluding hydrogens is 372 g/mol. The second-order valence-electron chi connectivity index (χ2n) is 9.84. The predicted octanol–water partition coefficient (Wildman–Crippen LogP) is 8.57. The molecule has 0 amide bonds. The molecule has 0 aromatic carbocycles. The third-order valence-corrected chi connectivity index (χ3v) is 6.68. The Balaban J connectivity index is 3.90. The number of aliphatic hydroxyl groups is 1. The molecule has 0 bridgehead atoms. The molecule has 0 saturated heterocycles. The number of hydrogen-bond acceptors (Lipinski definition) is 2. The largest absolute Gasteiger partial charge is 0.409 e. The van der Waals surface area contributed by atoms with Crippen molar-refractivity contribution in [1.82, 2.24) is 0 Å². The summed E-state index contributed by atoms with van der Waals surface area (Å²) in [5.74, 6) is 0. The Bertz CT molecular complexity index is 402. The molecule has 0 aliphatic carbocycles. The van der Waals surface area contributed by atoms with E-state index in [0.29, 0.717) is 6.42 Å². The third-order valence-electron chi connectivity index (χ3n) is 5.66. The second-order valence-corrected chi connectivity index (χ2v) is 14.3. The first-order chi connectivity index (χ1) is 13.8. The van der Waals surface area contributed by atoms with E-state index < -0.39 is 20.0 Å². The van der Waals surface area contributed by atoms with E-state index in [1.807, 2.05) is 6.08 Å². The lowest BCUT2D eigenvalue weighted by atomic mass is 9.90. The summed E-state index contributed by atoms with van der Waals surface area (Å²) in [7, 11) is -1.72. The van der Waals surface area contributed by atoms with Crippen molar-refractivity contribution in [3.8, 4) is 0 Å². The lowest BCUT2D eigenvalue weighted by molar-refractivity contribution is 0.0485. The van der Waals surface area contributed by atoms with E-state index >= 15 is 0 Å². The van der Waals surface area contributed by atoms with E-state index in [9.17, 15) is 5.11 Å². The SMILES string of the molecule is C=CC(O)C[C@@](C=C)(CCCCCCCCCCCCCCCC)O[Si](C)(C)C. The summed E-state index contributed by atoms with van der Waals surface area (Å²) in [5, 5.41) is 10.1. The smallest absolute Gasteiger partial charge is 0.184 e. The van der Waals surface area contributed by atoms with Crippen LogP contribution in [0.1, 0.15) is 110 Å². The Hall–Kier alpha value is -0.383. The standard InChI is InChI=1S/C26H52O2Si/c1-7-10-11-12-13-14-15-16-17-18-19-20-21-22-23-26(9-3,24-25(27)8-2)28-29(4,5)6/h8-9,25,27H,2-3,7,10-24H2,1,4-6H3/t25?,26-/m1/s1. The highest BCUT2D eigenvalue weighted by Gasteiger charge is 2.34. The van der Waals surface area contributed by atoms with Gasteiger partial charge in [-0.25, -0.2) is 0 Å². The predicted molar refractivity (Wildman–Crippen MR) is 133 cm³/mol. The molecular formula is C26H52O2Si. The van der Waals surface area contributed by atoms with Crippen LogP contribution in [0.2, 0.25) is 19.6 Å². The molecule has 0 radical (unpaired) electrons. The summed E-state index contributed by atoms with van der Waals surface area (Å²) >= 11 is 0. The first-order valence-corrected chi connectivity index (χ1v) is 15.8. The fraction of sp³-hybridized carbons (Fsp3) is 0.846. The van der Waals surface area contributed by atoms with Gasteiger partial charge in [0.15, 0.2) is 8.32 Å². The fourth-order valence-corrected chi connectivity index (χ4v) is 5.58. The molecule has 1 N–H and O–H groups in total. The number of hydrogen-bond donors (Lipinski definition) is 1. The van der Waals surface area contributed by atoms with Gasteiger partial charge in [-0.1, -0.05) is 109 Å². The Morgan fingerprint density at radius 1 is 0.793 bits per heavy atom. The Morgan fingerprint density at radius 2 is 1.21 bits per heavy atom. The molecule has 0 spiro atoms. The Labute approximate surface area is 184 Å². The Kier molecular flexibility index (Phi) is 17.1. The molecule has 3 heteroatoms. The van der Waals surface area contributed by atoms with E-state index in [2.05, 4.69) is 39.7 Å². The van der Waals surface area contributed by atoms with Crippen molar-refractivity contribution < 1.29 is 9.53 Å². The van der Waals surface area contributed by atoms with Crippen molar-refractivity contribution in [2.75, 3.05) is 0 Å². The average Bonchev–Trinajstić information content (AvgIpc) is 2.66. The first kappa shape index (κ1) is 28.6. The quantitative estimate of drug-likeness (QED) is 0.113. The van der Waals surface area contributed by atoms with Gasteiger partial charge in [0.2, 0.25) is 0 Å². The van der Waals surface area contributed by atoms with E-state index in [-0.39, 0.29) is 0 Å². The minimum atomic E-state index is -1.72. The van der Waals surface area contributed by atoms with Crippen molar-refractivity contribution >= 4 is 8.32 Å². The Morgan fingerprint density at radius 3 is 1.55 bits per heavy atom. The molecule has 0 aliphatic rings. The summed E-state index contributed by atoms with van der Waals surface area (Å²) in [5.41, 5.74) is -0.408. The number of unbranched alkanes of at least 4 members (excludes halogenated alkanes) is 13. The van der Waals surface area contributed by atoms with Gasteiger partial charge in [0.05, 0.1) is 11.7 Å². The van der Waals surface area contributed by atoms with Crippen LogP contribution < -0.4 is 0 Å². The molecule has 1 unspecified atom stereocenters. The molecule has 0 aromatic heterocycles. The average molecular weight is 425 g/mol. The maximum Gasteiger partial charge on any atom is 0.184 e. The van der Waals surface area contributed by atoms with Crippen molar-refractivity contribution in [3.63, 3.8) is 0 Å². The highest BCUT2D eigenvalue weighted by atomic mass is 28.4. The van der Waals surface area contributed by atoms with Gasteiger partial charge in [-0.2, -0.15) is 0 Å². The van der Waals surface area contributed by atoms with Crippen LogP contribution >= 0.6 is 0 Å². The maximum atomic E-state index is 10.1. The number of rotatable bonds is 21. The monoisotopic (exact) mass is 424 g/mol. The van der Waals surface area contributed by atoms with Gasteiger partial charge in [-0.15, -0.1) is 13.2 Å². The zero-order valence-corrected chi connectivity index (χ0v) is 21.3. The van der Waals surface area contributed by atoms with Gasteiger partial charge < -0.3 is 9.53 Å². The zero-order valence-electron chi connectivity index (χ0n) is 20.3. The van der Waals surface area contributed by atoms with Crippen LogP contribution in [0.5, 0.6) is 0 Å². The van der Waals surface area contributed by atoms with Crippen molar-refractivity contribution in [3.05, 3.63) is 25.3 Å². The lowest BCUT2D eigenvalue weighted by Gasteiger charge is -2.38. The van der Waals surface area contributed by atoms with Crippen LogP contribution in [0.4, 0.5) is 0 Å². The van der Waals surface area contributed by atoms with Crippen LogP contribution in [0.3, 0.4) is 0 Å². The van der Waals surface area contributed by atoms with Crippen molar-refractivity contribution in [2.45, 2.75) is 141 Å². The summed E-state index contributed by atoms with van der Waals surface area (Å²) in [4.78, 5) is 0. The van der Waals surface area contributed by atoms with E-state index in [1.165, 1.54) is 83.5 Å². The van der Waals surface area contributed by atoms with E-state index in [1.54, 1.807) is 6.08 Å². The highest BCUT2D eigenvalue weighted by molar-refractivity contribution is 6.69. The van der Waals surface area contributed by atoms with Crippen LogP contribution in [0.25, 0.3) is 0 Å². The third kappa shape index (κ3) is 17.0. The molecule has 0 rings (SSSR count). The molecule has 2 atom stereocenters. The van der Waals surface area contributed by atoms with Gasteiger partial charge in [-0.3, -0.25) is 0 Å². The molecule has 0 saturated carbocycles. The number of aliphatic hydroxyl groups excluding tert-OH is 1.